The van der Waals surface area contributed by atoms with E-state index < -0.39 is 0 Å². The number of carbonyl (C=O) groups is 1. The summed E-state index contributed by atoms with van der Waals surface area (Å²) in [6, 6.07) is 8.67. The zero-order valence-corrected chi connectivity index (χ0v) is 17.3. The van der Waals surface area contributed by atoms with Crippen molar-refractivity contribution in [3.8, 4) is 17.2 Å². The molecule has 3 aliphatic rings. The van der Waals surface area contributed by atoms with Gasteiger partial charge < -0.3 is 19.8 Å². The number of aromatic nitrogens is 2. The molecule has 8 nitrogen and oxygen atoms in total. The van der Waals surface area contributed by atoms with E-state index >= 15 is 0 Å². The molecule has 2 N–H and O–H groups in total. The molecule has 3 atom stereocenters. The summed E-state index contributed by atoms with van der Waals surface area (Å²) in [5.74, 6) is 2.04. The van der Waals surface area contributed by atoms with Gasteiger partial charge in [-0.3, -0.25) is 9.69 Å². The smallest absolute Gasteiger partial charge is 0.247 e. The summed E-state index contributed by atoms with van der Waals surface area (Å²) in [6.45, 7) is 1.52. The van der Waals surface area contributed by atoms with Crippen LogP contribution in [0.2, 0.25) is 0 Å². The van der Waals surface area contributed by atoms with Crippen molar-refractivity contribution in [1.29, 1.82) is 0 Å². The molecule has 0 unspecified atom stereocenters. The van der Waals surface area contributed by atoms with Gasteiger partial charge in [0.05, 0.1) is 13.2 Å². The minimum absolute atomic E-state index is 0.0633. The molecule has 5 rings (SSSR count). The summed E-state index contributed by atoms with van der Waals surface area (Å²) < 4.78 is 11.1. The Balaban J connectivity index is 1.25. The SMILES string of the molecule is COc1ccc(-c2nnc(C[C@@H]3CNC(=O)[C@@H]4C[C@H](NC5CCCC5)CN34)o2)cc1. The zero-order chi connectivity index (χ0) is 20.5. The second-order valence-electron chi connectivity index (χ2n) is 8.63. The summed E-state index contributed by atoms with van der Waals surface area (Å²) >= 11 is 0. The van der Waals surface area contributed by atoms with Crippen LogP contribution in [-0.4, -0.2) is 65.4 Å². The van der Waals surface area contributed by atoms with Crippen molar-refractivity contribution in [3.05, 3.63) is 30.2 Å². The molecule has 0 bridgehead atoms. The van der Waals surface area contributed by atoms with E-state index in [1.54, 1.807) is 7.11 Å². The number of nitrogens with zero attached hydrogens (tertiary/aromatic N) is 3. The highest BCUT2D eigenvalue weighted by atomic mass is 16.5. The maximum absolute atomic E-state index is 12.5. The molecule has 0 spiro atoms. The van der Waals surface area contributed by atoms with Gasteiger partial charge in [0.25, 0.3) is 0 Å². The molecule has 3 heterocycles. The number of piperazine rings is 1. The molecular weight excluding hydrogens is 382 g/mol. The van der Waals surface area contributed by atoms with Crippen LogP contribution >= 0.6 is 0 Å². The third-order valence-electron chi connectivity index (χ3n) is 6.66. The quantitative estimate of drug-likeness (QED) is 0.748. The van der Waals surface area contributed by atoms with Crippen LogP contribution in [0.3, 0.4) is 0 Å². The number of hydrogen-bond acceptors (Lipinski definition) is 7. The van der Waals surface area contributed by atoms with Gasteiger partial charge in [-0.2, -0.15) is 0 Å². The fraction of sp³-hybridized carbons (Fsp3) is 0.591. The lowest BCUT2D eigenvalue weighted by Crippen LogP contribution is -2.58. The Bertz CT molecular complexity index is 877. The fourth-order valence-electron chi connectivity index (χ4n) is 5.10. The Morgan fingerprint density at radius 1 is 1.20 bits per heavy atom. The molecule has 8 heteroatoms. The van der Waals surface area contributed by atoms with Crippen LogP contribution in [-0.2, 0) is 11.2 Å². The maximum Gasteiger partial charge on any atom is 0.247 e. The predicted molar refractivity (Wildman–Crippen MR) is 111 cm³/mol. The Morgan fingerprint density at radius 3 is 2.77 bits per heavy atom. The minimum Gasteiger partial charge on any atom is -0.497 e. The number of ether oxygens (including phenoxy) is 1. The van der Waals surface area contributed by atoms with Crippen LogP contribution < -0.4 is 15.4 Å². The first-order chi connectivity index (χ1) is 14.7. The number of carbonyl (C=O) groups excluding carboxylic acids is 1. The second-order valence-corrected chi connectivity index (χ2v) is 8.63. The first-order valence-electron chi connectivity index (χ1n) is 11.0. The first-order valence-corrected chi connectivity index (χ1v) is 11.0. The van der Waals surface area contributed by atoms with Crippen molar-refractivity contribution in [2.24, 2.45) is 0 Å². The van der Waals surface area contributed by atoms with E-state index in [1.165, 1.54) is 25.7 Å². The van der Waals surface area contributed by atoms with Crippen LogP contribution in [0.25, 0.3) is 11.5 Å². The summed E-state index contributed by atoms with van der Waals surface area (Å²) in [4.78, 5) is 14.8. The average molecular weight is 412 g/mol. The van der Waals surface area contributed by atoms with Crippen molar-refractivity contribution in [2.45, 2.75) is 62.7 Å². The first kappa shape index (κ1) is 19.5. The lowest BCUT2D eigenvalue weighted by Gasteiger charge is -2.36. The van der Waals surface area contributed by atoms with Crippen molar-refractivity contribution >= 4 is 5.91 Å². The lowest BCUT2D eigenvalue weighted by atomic mass is 10.1. The monoisotopic (exact) mass is 411 g/mol. The van der Waals surface area contributed by atoms with Gasteiger partial charge in [0.2, 0.25) is 17.7 Å². The van der Waals surface area contributed by atoms with E-state index in [0.29, 0.717) is 36.8 Å². The van der Waals surface area contributed by atoms with Gasteiger partial charge in [0.1, 0.15) is 5.75 Å². The topological polar surface area (TPSA) is 92.5 Å². The lowest BCUT2D eigenvalue weighted by molar-refractivity contribution is -0.129. The number of amides is 1. The van der Waals surface area contributed by atoms with Gasteiger partial charge >= 0.3 is 0 Å². The predicted octanol–water partition coefficient (Wildman–Crippen LogP) is 1.76. The molecule has 1 amide bonds. The van der Waals surface area contributed by atoms with Gasteiger partial charge in [0, 0.05) is 43.2 Å². The molecule has 2 aliphatic heterocycles. The van der Waals surface area contributed by atoms with Gasteiger partial charge in [-0.05, 0) is 43.5 Å². The molecule has 2 saturated heterocycles. The van der Waals surface area contributed by atoms with Crippen LogP contribution in [0, 0.1) is 0 Å². The molecule has 0 radical (unpaired) electrons. The van der Waals surface area contributed by atoms with E-state index in [1.807, 2.05) is 24.3 Å². The zero-order valence-electron chi connectivity index (χ0n) is 17.3. The Kier molecular flexibility index (Phi) is 5.43. The second kappa shape index (κ2) is 8.35. The Labute approximate surface area is 176 Å². The molecule has 160 valence electrons. The number of rotatable bonds is 6. The molecule has 1 aromatic carbocycles. The third kappa shape index (κ3) is 3.94. The van der Waals surface area contributed by atoms with Gasteiger partial charge in [-0.15, -0.1) is 10.2 Å². The standard InChI is InChI=1S/C22H29N5O3/c1-29-18-8-6-14(7-9-18)22-26-25-20(30-22)11-17-12-23-21(28)19-10-16(13-27(17)19)24-15-4-2-3-5-15/h6-9,15-17,19,24H,2-5,10-13H2,1H3,(H,23,28)/t16-,17+,19-/m0/s1. The highest BCUT2D eigenvalue weighted by molar-refractivity contribution is 5.83. The van der Waals surface area contributed by atoms with E-state index in [4.69, 9.17) is 9.15 Å². The Morgan fingerprint density at radius 2 is 2.00 bits per heavy atom. The number of nitrogens with one attached hydrogen (secondary N) is 2. The molecule has 2 aromatic rings. The summed E-state index contributed by atoms with van der Waals surface area (Å²) in [5, 5.41) is 15.3. The van der Waals surface area contributed by atoms with Gasteiger partial charge in [-0.25, -0.2) is 0 Å². The van der Waals surface area contributed by atoms with Crippen molar-refractivity contribution in [2.75, 3.05) is 20.2 Å². The molecule has 3 fully saturated rings. The fourth-order valence-corrected chi connectivity index (χ4v) is 5.10. The molecule has 1 aliphatic carbocycles. The summed E-state index contributed by atoms with van der Waals surface area (Å²) in [7, 11) is 1.64. The normalized spacial score (nSPS) is 27.2. The largest absolute Gasteiger partial charge is 0.497 e. The maximum atomic E-state index is 12.5. The van der Waals surface area contributed by atoms with Crippen LogP contribution in [0.15, 0.2) is 28.7 Å². The van der Waals surface area contributed by atoms with Crippen molar-refractivity contribution < 1.29 is 13.9 Å². The van der Waals surface area contributed by atoms with E-state index in [-0.39, 0.29) is 18.0 Å². The van der Waals surface area contributed by atoms with E-state index in [2.05, 4.69) is 25.7 Å². The van der Waals surface area contributed by atoms with Crippen LogP contribution in [0.1, 0.15) is 38.0 Å². The van der Waals surface area contributed by atoms with E-state index in [0.717, 1.165) is 24.3 Å². The molecule has 1 saturated carbocycles. The number of fused-ring (bicyclic) bond motifs is 1. The van der Waals surface area contributed by atoms with Gasteiger partial charge in [0.15, 0.2) is 0 Å². The van der Waals surface area contributed by atoms with Crippen molar-refractivity contribution in [1.82, 2.24) is 25.7 Å². The third-order valence-corrected chi connectivity index (χ3v) is 6.66. The highest BCUT2D eigenvalue weighted by Gasteiger charge is 2.44. The Hall–Kier alpha value is -2.45. The van der Waals surface area contributed by atoms with Crippen molar-refractivity contribution in [3.63, 3.8) is 0 Å². The highest BCUT2D eigenvalue weighted by Crippen LogP contribution is 2.28. The molecular formula is C22H29N5O3. The van der Waals surface area contributed by atoms with Gasteiger partial charge in [-0.1, -0.05) is 12.8 Å². The van der Waals surface area contributed by atoms with Crippen LogP contribution in [0.4, 0.5) is 0 Å². The van der Waals surface area contributed by atoms with E-state index in [9.17, 15) is 4.79 Å². The summed E-state index contributed by atoms with van der Waals surface area (Å²) in [5.41, 5.74) is 0.867. The van der Waals surface area contributed by atoms with Crippen LogP contribution in [0.5, 0.6) is 5.75 Å². The summed E-state index contributed by atoms with van der Waals surface area (Å²) in [6.07, 6.45) is 6.65. The average Bonchev–Trinajstić information content (AvgIpc) is 3.52. The number of methoxy groups -OCH3 is 1. The number of benzene rings is 1. The molecule has 1 aromatic heterocycles. The number of hydrogen-bond donors (Lipinski definition) is 2. The molecule has 30 heavy (non-hydrogen) atoms. The minimum atomic E-state index is -0.0633.